The first-order valence-electron chi connectivity index (χ1n) is 10.4. The molecular weight excluding hydrogens is 454 g/mol. The number of benzene rings is 3. The van der Waals surface area contributed by atoms with Gasteiger partial charge in [-0.2, -0.15) is 5.10 Å². The van der Waals surface area contributed by atoms with Gasteiger partial charge >= 0.3 is 5.97 Å². The highest BCUT2D eigenvalue weighted by molar-refractivity contribution is 6.52. The molecule has 0 fully saturated rings. The Bertz CT molecular complexity index is 1240. The SMILES string of the molecule is CC(C)(C)C(=O)Nc1ccc(C(=O)/C(=N/N)c2ccccc2OC(=O)c2ccc(Cl)cc2)cc1. The number of para-hydroxylation sites is 1. The molecule has 0 unspecified atom stereocenters. The van der Waals surface area contributed by atoms with Gasteiger partial charge in [0.1, 0.15) is 11.5 Å². The van der Waals surface area contributed by atoms with E-state index in [1.165, 1.54) is 12.1 Å². The van der Waals surface area contributed by atoms with Crippen LogP contribution < -0.4 is 15.9 Å². The maximum atomic E-state index is 13.2. The van der Waals surface area contributed by atoms with Gasteiger partial charge in [0.25, 0.3) is 0 Å². The molecule has 0 aliphatic rings. The average molecular weight is 478 g/mol. The molecule has 7 nitrogen and oxygen atoms in total. The van der Waals surface area contributed by atoms with Crippen molar-refractivity contribution in [2.45, 2.75) is 20.8 Å². The van der Waals surface area contributed by atoms with Gasteiger partial charge in [0, 0.05) is 27.3 Å². The molecule has 0 saturated heterocycles. The first-order chi connectivity index (χ1) is 16.1. The molecule has 0 bridgehead atoms. The topological polar surface area (TPSA) is 111 Å². The lowest BCUT2D eigenvalue weighted by Crippen LogP contribution is -2.27. The number of nitrogens with zero attached hydrogens (tertiary/aromatic N) is 1. The summed E-state index contributed by atoms with van der Waals surface area (Å²) in [5.41, 5.74) is 0.788. The van der Waals surface area contributed by atoms with E-state index in [1.807, 2.05) is 0 Å². The quantitative estimate of drug-likeness (QED) is 0.128. The van der Waals surface area contributed by atoms with Crippen LogP contribution in [0.5, 0.6) is 5.75 Å². The van der Waals surface area contributed by atoms with Gasteiger partial charge in [-0.15, -0.1) is 0 Å². The number of hydrogen-bond donors (Lipinski definition) is 2. The molecule has 0 spiro atoms. The molecule has 0 heterocycles. The van der Waals surface area contributed by atoms with E-state index >= 15 is 0 Å². The molecule has 0 radical (unpaired) electrons. The second-order valence-electron chi connectivity index (χ2n) is 8.48. The summed E-state index contributed by atoms with van der Waals surface area (Å²) in [6, 6.07) is 19.1. The fourth-order valence-electron chi connectivity index (χ4n) is 2.91. The van der Waals surface area contributed by atoms with Crippen LogP contribution in [0.15, 0.2) is 77.9 Å². The lowest BCUT2D eigenvalue weighted by Gasteiger charge is -2.17. The zero-order chi connectivity index (χ0) is 24.9. The van der Waals surface area contributed by atoms with Crippen LogP contribution in [0, 0.1) is 5.41 Å². The number of anilines is 1. The third-order valence-corrected chi connectivity index (χ3v) is 5.11. The van der Waals surface area contributed by atoms with Gasteiger partial charge in [0.2, 0.25) is 11.7 Å². The molecule has 8 heteroatoms. The number of ketones is 1. The maximum absolute atomic E-state index is 13.2. The number of hydrogen-bond acceptors (Lipinski definition) is 6. The number of hydrazone groups is 1. The number of Topliss-reactive ketones (excluding diaryl/α,β-unsaturated/α-hetero) is 1. The second-order valence-corrected chi connectivity index (χ2v) is 8.92. The van der Waals surface area contributed by atoms with E-state index in [1.54, 1.807) is 81.4 Å². The van der Waals surface area contributed by atoms with Crippen LogP contribution in [0.2, 0.25) is 5.02 Å². The number of ether oxygens (including phenoxy) is 1. The Labute approximate surface area is 202 Å². The first-order valence-corrected chi connectivity index (χ1v) is 10.8. The van der Waals surface area contributed by atoms with Gasteiger partial charge in [-0.05, 0) is 60.7 Å². The Morgan fingerprint density at radius 2 is 1.47 bits per heavy atom. The van der Waals surface area contributed by atoms with E-state index < -0.39 is 17.2 Å². The van der Waals surface area contributed by atoms with Gasteiger partial charge in [0.15, 0.2) is 0 Å². The fourth-order valence-corrected chi connectivity index (χ4v) is 3.03. The Kier molecular flexibility index (Phi) is 7.48. The largest absolute Gasteiger partial charge is 0.422 e. The minimum absolute atomic E-state index is 0.0778. The lowest BCUT2D eigenvalue weighted by molar-refractivity contribution is -0.123. The molecular formula is C26H24ClN3O4. The zero-order valence-electron chi connectivity index (χ0n) is 19.0. The first kappa shape index (κ1) is 24.7. The van der Waals surface area contributed by atoms with Crippen LogP contribution in [-0.2, 0) is 4.79 Å². The van der Waals surface area contributed by atoms with Gasteiger partial charge in [0.05, 0.1) is 5.56 Å². The number of carbonyl (C=O) groups is 3. The summed E-state index contributed by atoms with van der Waals surface area (Å²) in [4.78, 5) is 37.9. The molecule has 34 heavy (non-hydrogen) atoms. The molecule has 0 aliphatic heterocycles. The fraction of sp³-hybridized carbons (Fsp3) is 0.154. The third kappa shape index (κ3) is 5.88. The summed E-state index contributed by atoms with van der Waals surface area (Å²) in [6.45, 7) is 5.42. The van der Waals surface area contributed by atoms with Crippen LogP contribution >= 0.6 is 11.6 Å². The summed E-state index contributed by atoms with van der Waals surface area (Å²) in [6.07, 6.45) is 0. The molecule has 3 aromatic carbocycles. The number of esters is 1. The molecule has 3 rings (SSSR count). The van der Waals surface area contributed by atoms with Crippen LogP contribution in [0.1, 0.15) is 47.1 Å². The van der Waals surface area contributed by atoms with E-state index in [9.17, 15) is 14.4 Å². The maximum Gasteiger partial charge on any atom is 0.343 e. The lowest BCUT2D eigenvalue weighted by atomic mass is 9.95. The average Bonchev–Trinajstić information content (AvgIpc) is 2.80. The smallest absolute Gasteiger partial charge is 0.343 e. The summed E-state index contributed by atoms with van der Waals surface area (Å²) in [5.74, 6) is 4.47. The van der Waals surface area contributed by atoms with E-state index in [0.717, 1.165) is 0 Å². The van der Waals surface area contributed by atoms with Gasteiger partial charge in [-0.1, -0.05) is 44.5 Å². The second kappa shape index (κ2) is 10.3. The van der Waals surface area contributed by atoms with Crippen molar-refractivity contribution in [3.8, 4) is 5.75 Å². The minimum Gasteiger partial charge on any atom is -0.422 e. The molecule has 1 amide bonds. The summed E-state index contributed by atoms with van der Waals surface area (Å²) < 4.78 is 5.52. The minimum atomic E-state index is -0.619. The standard InChI is InChI=1S/C26H24ClN3O4/c1-26(2,3)25(33)29-19-14-10-16(11-15-19)23(31)22(30-28)20-6-4-5-7-21(20)34-24(32)17-8-12-18(27)13-9-17/h4-15H,28H2,1-3H3,(H,29,33)/b30-22+. The van der Waals surface area contributed by atoms with Crippen molar-refractivity contribution in [3.05, 3.63) is 94.5 Å². The number of halogens is 1. The molecule has 3 N–H and O–H groups in total. The van der Waals surface area contributed by atoms with Crippen LogP contribution in [-0.4, -0.2) is 23.4 Å². The van der Waals surface area contributed by atoms with Crippen LogP contribution in [0.25, 0.3) is 0 Å². The van der Waals surface area contributed by atoms with Crippen molar-refractivity contribution in [1.82, 2.24) is 0 Å². The van der Waals surface area contributed by atoms with Crippen molar-refractivity contribution in [2.75, 3.05) is 5.32 Å². The highest BCUT2D eigenvalue weighted by Crippen LogP contribution is 2.23. The van der Waals surface area contributed by atoms with E-state index in [2.05, 4.69) is 10.4 Å². The van der Waals surface area contributed by atoms with Gasteiger partial charge in [-0.3, -0.25) is 9.59 Å². The molecule has 174 valence electrons. The van der Waals surface area contributed by atoms with Gasteiger partial charge in [-0.25, -0.2) is 4.79 Å². The van der Waals surface area contributed by atoms with Crippen LogP contribution in [0.3, 0.4) is 0 Å². The van der Waals surface area contributed by atoms with Crippen molar-refractivity contribution in [1.29, 1.82) is 0 Å². The number of amides is 1. The molecule has 3 aromatic rings. The summed E-state index contributed by atoms with van der Waals surface area (Å²) >= 11 is 5.87. The molecule has 0 atom stereocenters. The van der Waals surface area contributed by atoms with E-state index in [-0.39, 0.29) is 22.9 Å². The Hall–Kier alpha value is -3.97. The van der Waals surface area contributed by atoms with Crippen molar-refractivity contribution in [3.63, 3.8) is 0 Å². The van der Waals surface area contributed by atoms with E-state index in [4.69, 9.17) is 22.2 Å². The highest BCUT2D eigenvalue weighted by Gasteiger charge is 2.23. The third-order valence-electron chi connectivity index (χ3n) is 4.86. The molecule has 0 saturated carbocycles. The van der Waals surface area contributed by atoms with E-state index in [0.29, 0.717) is 21.8 Å². The highest BCUT2D eigenvalue weighted by atomic mass is 35.5. The monoisotopic (exact) mass is 477 g/mol. The Morgan fingerprint density at radius 3 is 2.06 bits per heavy atom. The van der Waals surface area contributed by atoms with Crippen LogP contribution in [0.4, 0.5) is 5.69 Å². The molecule has 0 aliphatic carbocycles. The Balaban J connectivity index is 1.83. The number of carbonyl (C=O) groups excluding carboxylic acids is 3. The van der Waals surface area contributed by atoms with Gasteiger partial charge < -0.3 is 15.9 Å². The predicted octanol–water partition coefficient (Wildman–Crippen LogP) is 5.09. The van der Waals surface area contributed by atoms with Crippen molar-refractivity contribution < 1.29 is 19.1 Å². The predicted molar refractivity (Wildman–Crippen MR) is 132 cm³/mol. The normalized spacial score (nSPS) is 11.6. The van der Waals surface area contributed by atoms with Crippen molar-refractivity contribution >= 4 is 40.7 Å². The number of nitrogens with one attached hydrogen (secondary N) is 1. The Morgan fingerprint density at radius 1 is 0.882 bits per heavy atom. The molecule has 0 aromatic heterocycles. The van der Waals surface area contributed by atoms with Crippen molar-refractivity contribution in [2.24, 2.45) is 16.4 Å². The number of rotatable bonds is 6. The summed E-state index contributed by atoms with van der Waals surface area (Å²) in [7, 11) is 0. The zero-order valence-corrected chi connectivity index (χ0v) is 19.7. The number of nitrogens with two attached hydrogens (primary N) is 1. The summed E-state index contributed by atoms with van der Waals surface area (Å²) in [5, 5.41) is 6.97.